The van der Waals surface area contributed by atoms with Crippen molar-refractivity contribution >= 4 is 22.3 Å². The lowest BCUT2D eigenvalue weighted by Gasteiger charge is -2.27. The van der Waals surface area contributed by atoms with Crippen LogP contribution in [0.4, 0.5) is 0 Å². The van der Waals surface area contributed by atoms with E-state index in [1.165, 1.54) is 16.3 Å². The number of nitriles is 1. The van der Waals surface area contributed by atoms with E-state index >= 15 is 0 Å². The van der Waals surface area contributed by atoms with E-state index in [2.05, 4.69) is 67.7 Å². The highest BCUT2D eigenvalue weighted by molar-refractivity contribution is 5.87. The summed E-state index contributed by atoms with van der Waals surface area (Å²) in [6.07, 6.45) is 11.1. The minimum Gasteiger partial charge on any atom is -0.492 e. The number of esters is 1. The Morgan fingerprint density at radius 2 is 1.85 bits per heavy atom. The molecule has 0 aromatic heterocycles. The van der Waals surface area contributed by atoms with E-state index in [9.17, 15) is 10.1 Å². The van der Waals surface area contributed by atoms with Gasteiger partial charge in [-0.05, 0) is 86.7 Å². The van der Waals surface area contributed by atoms with Crippen molar-refractivity contribution in [2.75, 3.05) is 19.8 Å². The first-order chi connectivity index (χ1) is 19.2. The van der Waals surface area contributed by atoms with E-state index in [4.69, 9.17) is 9.47 Å². The summed E-state index contributed by atoms with van der Waals surface area (Å²) in [6.45, 7) is 9.68. The standard InChI is InChI=1S/C35H38N2O3/c1-5-39-33(38)35(4)18-9-8-13-30(24-35)29-16-17-32(31(22-29)25-36)40-20-10-19-37-34(2,3)23-26-14-15-27-11-6-7-12-28(27)21-26/h6-9,11-18,21-22,24,37H,5,10,19-20,23H2,1-4H3. The molecule has 3 aromatic carbocycles. The molecule has 5 heteroatoms. The normalized spacial score (nSPS) is 16.7. The van der Waals surface area contributed by atoms with Gasteiger partial charge in [0.2, 0.25) is 0 Å². The summed E-state index contributed by atoms with van der Waals surface area (Å²) in [5.74, 6) is 0.258. The lowest BCUT2D eigenvalue weighted by Crippen LogP contribution is -2.42. The van der Waals surface area contributed by atoms with Crippen molar-refractivity contribution in [2.24, 2.45) is 5.41 Å². The monoisotopic (exact) mass is 534 g/mol. The topological polar surface area (TPSA) is 71.3 Å². The zero-order chi connectivity index (χ0) is 28.6. The molecule has 4 rings (SSSR count). The molecule has 5 nitrogen and oxygen atoms in total. The lowest BCUT2D eigenvalue weighted by atomic mass is 9.87. The Morgan fingerprint density at radius 1 is 1.05 bits per heavy atom. The first-order valence-corrected chi connectivity index (χ1v) is 13.9. The number of nitrogens with zero attached hydrogens (tertiary/aromatic N) is 1. The van der Waals surface area contributed by atoms with Crippen LogP contribution < -0.4 is 10.1 Å². The predicted octanol–water partition coefficient (Wildman–Crippen LogP) is 7.17. The molecule has 0 aliphatic heterocycles. The molecule has 0 amide bonds. The minimum atomic E-state index is -0.883. The molecular formula is C35H38N2O3. The molecule has 0 heterocycles. The summed E-state index contributed by atoms with van der Waals surface area (Å²) < 4.78 is 11.3. The first kappa shape index (κ1) is 28.9. The van der Waals surface area contributed by atoms with Gasteiger partial charge in [0, 0.05) is 5.54 Å². The van der Waals surface area contributed by atoms with Gasteiger partial charge in [-0.15, -0.1) is 0 Å². The van der Waals surface area contributed by atoms with E-state index in [-0.39, 0.29) is 11.5 Å². The highest BCUT2D eigenvalue weighted by Gasteiger charge is 2.31. The Bertz CT molecular complexity index is 1490. The summed E-state index contributed by atoms with van der Waals surface area (Å²) in [5.41, 5.74) is 2.52. The third kappa shape index (κ3) is 7.28. The molecular weight excluding hydrogens is 496 g/mol. The predicted molar refractivity (Wildman–Crippen MR) is 162 cm³/mol. The number of benzene rings is 3. The number of hydrogen-bond acceptors (Lipinski definition) is 5. The van der Waals surface area contributed by atoms with Crippen LogP contribution in [0.25, 0.3) is 16.3 Å². The molecule has 40 heavy (non-hydrogen) atoms. The fraction of sp³-hybridized carbons (Fsp3) is 0.314. The maximum Gasteiger partial charge on any atom is 0.319 e. The van der Waals surface area contributed by atoms with Gasteiger partial charge in [-0.3, -0.25) is 4.79 Å². The second-order valence-electron chi connectivity index (χ2n) is 11.0. The van der Waals surface area contributed by atoms with Gasteiger partial charge in [-0.1, -0.05) is 78.9 Å². The quantitative estimate of drug-likeness (QED) is 0.209. The average Bonchev–Trinajstić information content (AvgIpc) is 3.15. The summed E-state index contributed by atoms with van der Waals surface area (Å²) in [4.78, 5) is 12.6. The van der Waals surface area contributed by atoms with Gasteiger partial charge < -0.3 is 14.8 Å². The molecule has 0 radical (unpaired) electrons. The van der Waals surface area contributed by atoms with Gasteiger partial charge in [0.05, 0.1) is 18.8 Å². The molecule has 0 saturated heterocycles. The van der Waals surface area contributed by atoms with E-state index in [1.807, 2.05) is 55.5 Å². The van der Waals surface area contributed by atoms with Crippen molar-refractivity contribution in [3.05, 3.63) is 108 Å². The van der Waals surface area contributed by atoms with Gasteiger partial charge in [-0.25, -0.2) is 0 Å². The van der Waals surface area contributed by atoms with Crippen LogP contribution in [0.3, 0.4) is 0 Å². The largest absolute Gasteiger partial charge is 0.492 e. The SMILES string of the molecule is CCOC(=O)C1(C)C=CC=CC(c2ccc(OCCCNC(C)(C)Cc3ccc4ccccc4c3)c(C#N)c2)=C1. The second-order valence-corrected chi connectivity index (χ2v) is 11.0. The van der Waals surface area contributed by atoms with Crippen molar-refractivity contribution < 1.29 is 14.3 Å². The van der Waals surface area contributed by atoms with E-state index in [0.717, 1.165) is 30.5 Å². The Labute approximate surface area is 237 Å². The molecule has 1 N–H and O–H groups in total. The molecule has 0 fully saturated rings. The summed E-state index contributed by atoms with van der Waals surface area (Å²) >= 11 is 0. The van der Waals surface area contributed by atoms with Gasteiger partial charge >= 0.3 is 5.97 Å². The molecule has 0 saturated carbocycles. The zero-order valence-electron chi connectivity index (χ0n) is 23.9. The van der Waals surface area contributed by atoms with Crippen molar-refractivity contribution in [3.8, 4) is 11.8 Å². The molecule has 3 aromatic rings. The number of ether oxygens (including phenoxy) is 2. The van der Waals surface area contributed by atoms with Crippen LogP contribution in [0.15, 0.2) is 91.0 Å². The molecule has 0 bridgehead atoms. The molecule has 1 aliphatic rings. The highest BCUT2D eigenvalue weighted by Crippen LogP contribution is 2.32. The van der Waals surface area contributed by atoms with Crippen molar-refractivity contribution in [1.82, 2.24) is 5.32 Å². The smallest absolute Gasteiger partial charge is 0.319 e. The summed E-state index contributed by atoms with van der Waals surface area (Å²) in [6, 6.07) is 22.9. The van der Waals surface area contributed by atoms with Crippen LogP contribution in [0.1, 0.15) is 50.8 Å². The molecule has 1 atom stereocenters. The lowest BCUT2D eigenvalue weighted by molar-refractivity contribution is -0.149. The van der Waals surface area contributed by atoms with Gasteiger partial charge in [-0.2, -0.15) is 5.26 Å². The number of allylic oxidation sites excluding steroid dienone is 4. The van der Waals surface area contributed by atoms with Crippen LogP contribution in [-0.2, 0) is 16.0 Å². The molecule has 0 spiro atoms. The van der Waals surface area contributed by atoms with E-state index in [1.54, 1.807) is 6.92 Å². The van der Waals surface area contributed by atoms with Gasteiger partial charge in [0.25, 0.3) is 0 Å². The zero-order valence-corrected chi connectivity index (χ0v) is 23.9. The number of rotatable bonds is 11. The van der Waals surface area contributed by atoms with Crippen LogP contribution in [0.2, 0.25) is 0 Å². The van der Waals surface area contributed by atoms with Crippen molar-refractivity contribution in [2.45, 2.75) is 46.1 Å². The highest BCUT2D eigenvalue weighted by atomic mass is 16.5. The number of fused-ring (bicyclic) bond motifs is 1. The number of hydrogen-bond donors (Lipinski definition) is 1. The van der Waals surface area contributed by atoms with Gasteiger partial charge in [0.15, 0.2) is 0 Å². The van der Waals surface area contributed by atoms with Crippen LogP contribution >= 0.6 is 0 Å². The number of carbonyl (C=O) groups is 1. The third-order valence-electron chi connectivity index (χ3n) is 7.08. The first-order valence-electron chi connectivity index (χ1n) is 13.9. The molecule has 1 aliphatic carbocycles. The fourth-order valence-corrected chi connectivity index (χ4v) is 4.95. The van der Waals surface area contributed by atoms with Gasteiger partial charge in [0.1, 0.15) is 17.2 Å². The Balaban J connectivity index is 1.33. The van der Waals surface area contributed by atoms with Crippen molar-refractivity contribution in [1.29, 1.82) is 5.26 Å². The van der Waals surface area contributed by atoms with Crippen LogP contribution in [0, 0.1) is 16.7 Å². The Kier molecular flexibility index (Phi) is 9.24. The number of nitrogens with one attached hydrogen (secondary N) is 1. The van der Waals surface area contributed by atoms with Crippen LogP contribution in [0.5, 0.6) is 5.75 Å². The average molecular weight is 535 g/mol. The summed E-state index contributed by atoms with van der Waals surface area (Å²) in [5, 5.41) is 16.0. The van der Waals surface area contributed by atoms with Crippen LogP contribution in [-0.4, -0.2) is 31.3 Å². The Hall–Kier alpha value is -4.14. The van der Waals surface area contributed by atoms with Crippen molar-refractivity contribution in [3.63, 3.8) is 0 Å². The molecule has 1 unspecified atom stereocenters. The molecule has 206 valence electrons. The fourth-order valence-electron chi connectivity index (χ4n) is 4.95. The maximum atomic E-state index is 12.6. The summed E-state index contributed by atoms with van der Waals surface area (Å²) in [7, 11) is 0. The number of carbonyl (C=O) groups excluding carboxylic acids is 1. The third-order valence-corrected chi connectivity index (χ3v) is 7.08. The second kappa shape index (κ2) is 12.8. The minimum absolute atomic E-state index is 0.0607. The Morgan fingerprint density at radius 3 is 2.62 bits per heavy atom. The van der Waals surface area contributed by atoms with E-state index in [0.29, 0.717) is 24.5 Å². The van der Waals surface area contributed by atoms with E-state index < -0.39 is 5.41 Å². The maximum absolute atomic E-state index is 12.6.